The van der Waals surface area contributed by atoms with Gasteiger partial charge in [0.05, 0.1) is 0 Å². The molecule has 0 radical (unpaired) electrons. The van der Waals surface area contributed by atoms with Crippen molar-refractivity contribution in [2.45, 2.75) is 136 Å². The van der Waals surface area contributed by atoms with Crippen LogP contribution < -0.4 is 10.6 Å². The lowest BCUT2D eigenvalue weighted by Gasteiger charge is -2.44. The van der Waals surface area contributed by atoms with Crippen LogP contribution >= 0.6 is 0 Å². The number of ether oxygens (including phenoxy) is 1. The van der Waals surface area contributed by atoms with Crippen LogP contribution in [0, 0.1) is 19.8 Å². The van der Waals surface area contributed by atoms with Gasteiger partial charge < -0.3 is 20.3 Å². The first-order valence-electron chi connectivity index (χ1n) is 14.6. The summed E-state index contributed by atoms with van der Waals surface area (Å²) in [6, 6.07) is 4.55. The van der Waals surface area contributed by atoms with Crippen molar-refractivity contribution in [2.75, 3.05) is 0 Å². The summed E-state index contributed by atoms with van der Waals surface area (Å²) in [5.41, 5.74) is 2.29. The van der Waals surface area contributed by atoms with Gasteiger partial charge in [-0.25, -0.2) is 4.79 Å². The molecule has 38 heavy (non-hydrogen) atoms. The van der Waals surface area contributed by atoms with E-state index in [1.807, 2.05) is 45.9 Å². The van der Waals surface area contributed by atoms with Crippen LogP contribution in [0.2, 0.25) is 0 Å². The Morgan fingerprint density at radius 2 is 1.66 bits per heavy atom. The third-order valence-corrected chi connectivity index (χ3v) is 7.84. The third kappa shape index (κ3) is 7.97. The predicted octanol–water partition coefficient (Wildman–Crippen LogP) is 6.11. The molecular formula is C31H49N3O4. The predicted molar refractivity (Wildman–Crippen MR) is 151 cm³/mol. The normalized spacial score (nSPS) is 18.3. The van der Waals surface area contributed by atoms with E-state index in [1.54, 1.807) is 25.7 Å². The fourth-order valence-corrected chi connectivity index (χ4v) is 5.52. The van der Waals surface area contributed by atoms with E-state index in [0.29, 0.717) is 6.42 Å². The molecular weight excluding hydrogens is 478 g/mol. The maximum atomic E-state index is 14.4. The molecule has 2 N–H and O–H groups in total. The number of benzene rings is 1. The van der Waals surface area contributed by atoms with Gasteiger partial charge in [0.2, 0.25) is 11.8 Å². The molecule has 3 rings (SSSR count). The highest BCUT2D eigenvalue weighted by molar-refractivity contribution is 5.92. The Balaban J connectivity index is 2.00. The molecule has 7 heteroatoms. The van der Waals surface area contributed by atoms with Crippen LogP contribution in [0.5, 0.6) is 0 Å². The molecule has 7 nitrogen and oxygen atoms in total. The Morgan fingerprint density at radius 1 is 1.00 bits per heavy atom. The first-order chi connectivity index (χ1) is 17.9. The number of alkyl carbamates (subject to hydrolysis) is 1. The Labute approximate surface area is 229 Å². The number of nitrogens with zero attached hydrogens (tertiary/aromatic N) is 1. The van der Waals surface area contributed by atoms with Crippen LogP contribution in [0.1, 0.15) is 115 Å². The van der Waals surface area contributed by atoms with Gasteiger partial charge in [0.25, 0.3) is 0 Å². The van der Waals surface area contributed by atoms with E-state index < -0.39 is 23.8 Å². The molecule has 2 saturated carbocycles. The lowest BCUT2D eigenvalue weighted by molar-refractivity contribution is -0.148. The molecule has 0 spiro atoms. The fourth-order valence-electron chi connectivity index (χ4n) is 5.52. The van der Waals surface area contributed by atoms with Crippen molar-refractivity contribution in [2.24, 2.45) is 5.92 Å². The van der Waals surface area contributed by atoms with Crippen LogP contribution in [0.4, 0.5) is 4.79 Å². The summed E-state index contributed by atoms with van der Waals surface area (Å²) < 4.78 is 5.51. The fraction of sp³-hybridized carbons (Fsp3) is 0.710. The molecule has 0 heterocycles. The number of nitrogens with one attached hydrogen (secondary N) is 2. The molecule has 1 aromatic rings. The Hall–Kier alpha value is -2.57. The van der Waals surface area contributed by atoms with E-state index in [1.165, 1.54) is 6.42 Å². The van der Waals surface area contributed by atoms with E-state index >= 15 is 0 Å². The van der Waals surface area contributed by atoms with E-state index in [4.69, 9.17) is 4.74 Å². The summed E-state index contributed by atoms with van der Waals surface area (Å²) in [5.74, 6) is -0.164. The zero-order chi connectivity index (χ0) is 28.0. The van der Waals surface area contributed by atoms with Gasteiger partial charge >= 0.3 is 6.09 Å². The van der Waals surface area contributed by atoms with Gasteiger partial charge in [-0.3, -0.25) is 9.59 Å². The van der Waals surface area contributed by atoms with E-state index in [-0.39, 0.29) is 29.8 Å². The number of hydrogen-bond acceptors (Lipinski definition) is 4. The molecule has 2 unspecified atom stereocenters. The number of rotatable bonds is 9. The number of hydrogen-bond donors (Lipinski definition) is 2. The summed E-state index contributed by atoms with van der Waals surface area (Å²) >= 11 is 0. The summed E-state index contributed by atoms with van der Waals surface area (Å²) in [7, 11) is 0. The second-order valence-corrected chi connectivity index (χ2v) is 12.7. The van der Waals surface area contributed by atoms with Gasteiger partial charge in [0.15, 0.2) is 0 Å². The van der Waals surface area contributed by atoms with Crippen LogP contribution in [0.25, 0.3) is 0 Å². The minimum absolute atomic E-state index is 0.0420. The average molecular weight is 528 g/mol. The van der Waals surface area contributed by atoms with Gasteiger partial charge in [-0.1, -0.05) is 51.3 Å². The first kappa shape index (κ1) is 30.0. The quantitative estimate of drug-likeness (QED) is 0.405. The second kappa shape index (κ2) is 13.0. The molecule has 0 aromatic heterocycles. The molecule has 1 aromatic carbocycles. The van der Waals surface area contributed by atoms with Crippen molar-refractivity contribution in [1.29, 1.82) is 0 Å². The Bertz CT molecular complexity index is 974. The van der Waals surface area contributed by atoms with E-state index in [2.05, 4.69) is 10.6 Å². The minimum Gasteiger partial charge on any atom is -0.444 e. The second-order valence-electron chi connectivity index (χ2n) is 12.7. The topological polar surface area (TPSA) is 87.7 Å². The van der Waals surface area contributed by atoms with Gasteiger partial charge in [0.1, 0.15) is 17.7 Å². The monoisotopic (exact) mass is 527 g/mol. The van der Waals surface area contributed by atoms with Gasteiger partial charge in [0, 0.05) is 12.1 Å². The van der Waals surface area contributed by atoms with Crippen molar-refractivity contribution in [3.05, 3.63) is 34.9 Å². The van der Waals surface area contributed by atoms with Gasteiger partial charge in [-0.15, -0.1) is 0 Å². The Morgan fingerprint density at radius 3 is 2.21 bits per heavy atom. The molecule has 212 valence electrons. The highest BCUT2D eigenvalue weighted by atomic mass is 16.6. The minimum atomic E-state index is -0.777. The molecule has 2 fully saturated rings. The Kier molecular flexibility index (Phi) is 10.2. The summed E-state index contributed by atoms with van der Waals surface area (Å²) in [4.78, 5) is 43.1. The number of carbonyl (C=O) groups excluding carboxylic acids is 3. The number of amides is 3. The van der Waals surface area contributed by atoms with Crippen LogP contribution in [-0.4, -0.2) is 46.5 Å². The summed E-state index contributed by atoms with van der Waals surface area (Å²) in [5, 5.41) is 6.17. The molecule has 3 amide bonds. The van der Waals surface area contributed by atoms with Crippen LogP contribution in [0.15, 0.2) is 18.2 Å². The smallest absolute Gasteiger partial charge is 0.408 e. The first-order valence-corrected chi connectivity index (χ1v) is 14.6. The highest BCUT2D eigenvalue weighted by Gasteiger charge is 2.43. The van der Waals surface area contributed by atoms with Gasteiger partial charge in [-0.2, -0.15) is 0 Å². The summed E-state index contributed by atoms with van der Waals surface area (Å²) in [6.45, 7) is 13.5. The number of aryl methyl sites for hydroxylation is 1. The molecule has 0 aliphatic heterocycles. The van der Waals surface area contributed by atoms with Crippen molar-refractivity contribution in [1.82, 2.24) is 15.5 Å². The molecule has 0 saturated heterocycles. The van der Waals surface area contributed by atoms with Gasteiger partial charge in [-0.05, 0) is 95.8 Å². The van der Waals surface area contributed by atoms with Crippen molar-refractivity contribution < 1.29 is 19.1 Å². The largest absolute Gasteiger partial charge is 0.444 e. The SMILES string of the molecule is Cc1cccc(C(C(=O)NC2CCCCC2)N(C(=O)C(CC(C)C)NC(=O)OC(C)(C)C)C2CCC2)c1C. The highest BCUT2D eigenvalue weighted by Crippen LogP contribution is 2.36. The van der Waals surface area contributed by atoms with Crippen molar-refractivity contribution in [3.63, 3.8) is 0 Å². The maximum absolute atomic E-state index is 14.4. The van der Waals surface area contributed by atoms with Crippen molar-refractivity contribution >= 4 is 17.9 Å². The lowest BCUT2D eigenvalue weighted by Crippen LogP contribution is -2.58. The van der Waals surface area contributed by atoms with Crippen molar-refractivity contribution in [3.8, 4) is 0 Å². The third-order valence-electron chi connectivity index (χ3n) is 7.84. The molecule has 2 aliphatic rings. The average Bonchev–Trinajstić information content (AvgIpc) is 2.78. The zero-order valence-electron chi connectivity index (χ0n) is 24.6. The van der Waals surface area contributed by atoms with Crippen LogP contribution in [-0.2, 0) is 14.3 Å². The molecule has 2 aliphatic carbocycles. The number of carbonyl (C=O) groups is 3. The van der Waals surface area contributed by atoms with E-state index in [0.717, 1.165) is 61.6 Å². The summed E-state index contributed by atoms with van der Waals surface area (Å²) in [6.07, 6.45) is 7.94. The van der Waals surface area contributed by atoms with E-state index in [9.17, 15) is 14.4 Å². The lowest BCUT2D eigenvalue weighted by atomic mass is 9.86. The molecule has 0 bridgehead atoms. The standard InChI is InChI=1S/C31H49N3O4/c1-20(2)19-26(33-30(37)38-31(5,6)7)29(36)34(24-16-12-17-24)27(25-18-11-13-21(3)22(25)4)28(35)32-23-14-9-8-10-15-23/h11,13,18,20,23-24,26-27H,8-10,12,14-17,19H2,1-7H3,(H,32,35)(H,33,37). The molecule has 2 atom stereocenters. The maximum Gasteiger partial charge on any atom is 0.408 e. The zero-order valence-corrected chi connectivity index (χ0v) is 24.6. The van der Waals surface area contributed by atoms with Crippen LogP contribution in [0.3, 0.4) is 0 Å².